The molecule has 1 fully saturated rings. The minimum Gasteiger partial charge on any atom is -0.313 e. The van der Waals surface area contributed by atoms with Gasteiger partial charge in [-0.15, -0.1) is 0 Å². The molecule has 1 rings (SSSR count). The van der Waals surface area contributed by atoms with Crippen molar-refractivity contribution >= 4 is 11.8 Å². The van der Waals surface area contributed by atoms with Crippen molar-refractivity contribution in [3.05, 3.63) is 0 Å². The summed E-state index contributed by atoms with van der Waals surface area (Å²) in [6, 6.07) is 0.765. The first-order chi connectivity index (χ1) is 9.17. The summed E-state index contributed by atoms with van der Waals surface area (Å²) in [5.74, 6) is 5.42. The number of hydrogen-bond acceptors (Lipinski definition) is 2. The van der Waals surface area contributed by atoms with E-state index >= 15 is 0 Å². The molecule has 1 saturated carbocycles. The van der Waals surface area contributed by atoms with Crippen LogP contribution in [-0.2, 0) is 0 Å². The third-order valence-corrected chi connectivity index (χ3v) is 5.94. The third kappa shape index (κ3) is 7.04. The van der Waals surface area contributed by atoms with Crippen LogP contribution in [-0.4, -0.2) is 24.1 Å². The molecule has 0 bridgehead atoms. The Hall–Kier alpha value is 0.310. The summed E-state index contributed by atoms with van der Waals surface area (Å²) >= 11 is 2.16. The highest BCUT2D eigenvalue weighted by Gasteiger charge is 2.26. The van der Waals surface area contributed by atoms with Gasteiger partial charge in [0, 0.05) is 11.8 Å². The van der Waals surface area contributed by atoms with E-state index in [9.17, 15) is 0 Å². The normalized spacial score (nSPS) is 25.7. The second-order valence-corrected chi connectivity index (χ2v) is 7.76. The van der Waals surface area contributed by atoms with Gasteiger partial charge in [-0.1, -0.05) is 47.0 Å². The molecule has 19 heavy (non-hydrogen) atoms. The van der Waals surface area contributed by atoms with Crippen molar-refractivity contribution in [3.8, 4) is 0 Å². The quantitative estimate of drug-likeness (QED) is 0.642. The molecule has 1 aliphatic carbocycles. The molecule has 1 aliphatic rings. The van der Waals surface area contributed by atoms with E-state index in [4.69, 9.17) is 0 Å². The van der Waals surface area contributed by atoms with Gasteiger partial charge in [0.2, 0.25) is 0 Å². The van der Waals surface area contributed by atoms with Crippen LogP contribution in [0.5, 0.6) is 0 Å². The molecule has 1 N–H and O–H groups in total. The third-order valence-electron chi connectivity index (χ3n) is 4.44. The molecule has 0 aromatic rings. The van der Waals surface area contributed by atoms with E-state index < -0.39 is 0 Å². The molecule has 0 spiro atoms. The summed E-state index contributed by atoms with van der Waals surface area (Å²) in [7, 11) is 0. The fourth-order valence-electron chi connectivity index (χ4n) is 3.12. The van der Waals surface area contributed by atoms with Gasteiger partial charge in [0.1, 0.15) is 0 Å². The molecule has 1 unspecified atom stereocenters. The number of nitrogens with one attached hydrogen (secondary N) is 1. The molecule has 2 heteroatoms. The standard InChI is InChI=1S/C17H35NS/c1-5-11-18-17(13-19-12-14(3)4)16-9-7-15(6-2)8-10-16/h14-18H,5-13H2,1-4H3. The Morgan fingerprint density at radius 1 is 1.05 bits per heavy atom. The minimum absolute atomic E-state index is 0.765. The molecule has 1 atom stereocenters. The van der Waals surface area contributed by atoms with E-state index in [1.54, 1.807) is 0 Å². The molecule has 0 aromatic carbocycles. The van der Waals surface area contributed by atoms with E-state index in [1.807, 2.05) is 0 Å². The predicted molar refractivity (Wildman–Crippen MR) is 90.0 cm³/mol. The molecule has 114 valence electrons. The van der Waals surface area contributed by atoms with Crippen LogP contribution in [0.25, 0.3) is 0 Å². The zero-order valence-electron chi connectivity index (χ0n) is 13.6. The summed E-state index contributed by atoms with van der Waals surface area (Å²) in [4.78, 5) is 0. The van der Waals surface area contributed by atoms with E-state index in [-0.39, 0.29) is 0 Å². The van der Waals surface area contributed by atoms with Crippen LogP contribution in [0.4, 0.5) is 0 Å². The number of hydrogen-bond donors (Lipinski definition) is 1. The second-order valence-electron chi connectivity index (χ2n) is 6.68. The van der Waals surface area contributed by atoms with Crippen LogP contribution in [0.2, 0.25) is 0 Å². The maximum Gasteiger partial charge on any atom is 0.0186 e. The Balaban J connectivity index is 2.35. The van der Waals surface area contributed by atoms with Gasteiger partial charge in [0.05, 0.1) is 0 Å². The van der Waals surface area contributed by atoms with Crippen LogP contribution < -0.4 is 5.32 Å². The highest BCUT2D eigenvalue weighted by atomic mass is 32.2. The van der Waals surface area contributed by atoms with Crippen LogP contribution in [0.1, 0.15) is 66.2 Å². The van der Waals surface area contributed by atoms with Crippen LogP contribution in [0, 0.1) is 17.8 Å². The fraction of sp³-hybridized carbons (Fsp3) is 1.00. The molecule has 0 heterocycles. The molecule has 1 nitrogen and oxygen atoms in total. The molecule has 0 saturated heterocycles. The first-order valence-electron chi connectivity index (χ1n) is 8.48. The largest absolute Gasteiger partial charge is 0.313 e. The minimum atomic E-state index is 0.765. The SMILES string of the molecule is CCCNC(CSCC(C)C)C1CCC(CC)CC1. The lowest BCUT2D eigenvalue weighted by Crippen LogP contribution is -2.40. The molecule has 0 aromatic heterocycles. The maximum absolute atomic E-state index is 3.82. The molecular weight excluding hydrogens is 250 g/mol. The van der Waals surface area contributed by atoms with E-state index in [1.165, 1.54) is 56.6 Å². The van der Waals surface area contributed by atoms with Crippen LogP contribution in [0.3, 0.4) is 0 Å². The van der Waals surface area contributed by atoms with Gasteiger partial charge >= 0.3 is 0 Å². The van der Waals surface area contributed by atoms with Crippen molar-refractivity contribution in [1.29, 1.82) is 0 Å². The van der Waals surface area contributed by atoms with Crippen LogP contribution >= 0.6 is 11.8 Å². The molecule has 0 amide bonds. The van der Waals surface area contributed by atoms with Crippen molar-refractivity contribution in [3.63, 3.8) is 0 Å². The lowest BCUT2D eigenvalue weighted by molar-refractivity contribution is 0.228. The average molecular weight is 286 g/mol. The summed E-state index contributed by atoms with van der Waals surface area (Å²) < 4.78 is 0. The lowest BCUT2D eigenvalue weighted by atomic mass is 9.78. The highest BCUT2D eigenvalue weighted by molar-refractivity contribution is 7.99. The summed E-state index contributed by atoms with van der Waals surface area (Å²) in [5, 5.41) is 3.82. The van der Waals surface area contributed by atoms with E-state index in [0.717, 1.165) is 23.8 Å². The van der Waals surface area contributed by atoms with Gasteiger partial charge < -0.3 is 5.32 Å². The summed E-state index contributed by atoms with van der Waals surface area (Å²) in [6.07, 6.45) is 8.52. The Morgan fingerprint density at radius 3 is 2.26 bits per heavy atom. The van der Waals surface area contributed by atoms with Gasteiger partial charge in [0.15, 0.2) is 0 Å². The zero-order chi connectivity index (χ0) is 14.1. The van der Waals surface area contributed by atoms with Gasteiger partial charge in [-0.25, -0.2) is 0 Å². The van der Waals surface area contributed by atoms with Crippen LogP contribution in [0.15, 0.2) is 0 Å². The number of thioether (sulfide) groups is 1. The van der Waals surface area contributed by atoms with Gasteiger partial charge in [-0.3, -0.25) is 0 Å². The average Bonchev–Trinajstić information content (AvgIpc) is 2.42. The topological polar surface area (TPSA) is 12.0 Å². The van der Waals surface area contributed by atoms with E-state index in [0.29, 0.717) is 0 Å². The van der Waals surface area contributed by atoms with Crippen molar-refractivity contribution < 1.29 is 0 Å². The van der Waals surface area contributed by atoms with Crippen molar-refractivity contribution in [2.45, 2.75) is 72.3 Å². The molecule has 0 radical (unpaired) electrons. The molecule has 0 aliphatic heterocycles. The first-order valence-corrected chi connectivity index (χ1v) is 9.63. The Kier molecular flexibility index (Phi) is 9.23. The van der Waals surface area contributed by atoms with Crippen molar-refractivity contribution in [1.82, 2.24) is 5.32 Å². The maximum atomic E-state index is 3.82. The second kappa shape index (κ2) is 10.1. The highest BCUT2D eigenvalue weighted by Crippen LogP contribution is 2.33. The Bertz CT molecular complexity index is 209. The number of rotatable bonds is 9. The van der Waals surface area contributed by atoms with Crippen molar-refractivity contribution in [2.75, 3.05) is 18.1 Å². The fourth-order valence-corrected chi connectivity index (χ4v) is 4.37. The predicted octanol–water partition coefficient (Wildman–Crippen LogP) is 4.96. The van der Waals surface area contributed by atoms with Gasteiger partial charge in [0.25, 0.3) is 0 Å². The Labute approximate surface area is 125 Å². The van der Waals surface area contributed by atoms with Crippen molar-refractivity contribution in [2.24, 2.45) is 17.8 Å². The monoisotopic (exact) mass is 285 g/mol. The van der Waals surface area contributed by atoms with Gasteiger partial charge in [-0.05, 0) is 49.3 Å². The summed E-state index contributed by atoms with van der Waals surface area (Å²) in [6.45, 7) is 10.5. The zero-order valence-corrected chi connectivity index (χ0v) is 14.4. The first kappa shape index (κ1) is 17.4. The molecular formula is C17H35NS. The lowest BCUT2D eigenvalue weighted by Gasteiger charge is -2.34. The smallest absolute Gasteiger partial charge is 0.0186 e. The summed E-state index contributed by atoms with van der Waals surface area (Å²) in [5.41, 5.74) is 0. The van der Waals surface area contributed by atoms with E-state index in [2.05, 4.69) is 44.8 Å². The Morgan fingerprint density at radius 2 is 1.74 bits per heavy atom. The van der Waals surface area contributed by atoms with Gasteiger partial charge in [-0.2, -0.15) is 11.8 Å².